The molecule has 1 saturated carbocycles. The summed E-state index contributed by atoms with van der Waals surface area (Å²) in [5.74, 6) is 0.616. The second-order valence-electron chi connectivity index (χ2n) is 4.64. The summed E-state index contributed by atoms with van der Waals surface area (Å²) in [5, 5.41) is 0. The lowest BCUT2D eigenvalue weighted by molar-refractivity contribution is -0.145. The van der Waals surface area contributed by atoms with E-state index in [1.807, 2.05) is 6.92 Å². The summed E-state index contributed by atoms with van der Waals surface area (Å²) in [6.07, 6.45) is 10.7. The van der Waals surface area contributed by atoms with Crippen LogP contribution in [-0.4, -0.2) is 12.6 Å². The summed E-state index contributed by atoms with van der Waals surface area (Å²) in [7, 11) is 0. The number of hydrogen-bond acceptors (Lipinski definition) is 2. The van der Waals surface area contributed by atoms with Crippen molar-refractivity contribution in [3.63, 3.8) is 0 Å². The first-order valence-electron chi connectivity index (χ1n) is 6.48. The zero-order valence-corrected chi connectivity index (χ0v) is 9.96. The number of esters is 1. The van der Waals surface area contributed by atoms with Crippen LogP contribution in [0, 0.1) is 5.92 Å². The van der Waals surface area contributed by atoms with Gasteiger partial charge in [0.1, 0.15) is 0 Å². The second kappa shape index (κ2) is 7.72. The highest BCUT2D eigenvalue weighted by Gasteiger charge is 2.13. The Morgan fingerprint density at radius 3 is 2.33 bits per heavy atom. The van der Waals surface area contributed by atoms with Crippen LogP contribution in [0.4, 0.5) is 0 Å². The fourth-order valence-electron chi connectivity index (χ4n) is 2.19. The SMILES string of the molecule is CCCC(=O)OCC1CCCCCCC1. The molecule has 0 spiro atoms. The van der Waals surface area contributed by atoms with E-state index in [2.05, 4.69) is 0 Å². The Bertz CT molecular complexity index is 169. The van der Waals surface area contributed by atoms with Crippen LogP contribution in [0.15, 0.2) is 0 Å². The van der Waals surface area contributed by atoms with Crippen molar-refractivity contribution < 1.29 is 9.53 Å². The molecule has 0 amide bonds. The summed E-state index contributed by atoms with van der Waals surface area (Å²) in [6, 6.07) is 0. The first kappa shape index (κ1) is 12.5. The molecule has 0 N–H and O–H groups in total. The van der Waals surface area contributed by atoms with E-state index in [9.17, 15) is 4.79 Å². The van der Waals surface area contributed by atoms with Gasteiger partial charge in [-0.15, -0.1) is 0 Å². The molecule has 0 aromatic carbocycles. The van der Waals surface area contributed by atoms with E-state index in [1.165, 1.54) is 44.9 Å². The molecule has 0 aliphatic heterocycles. The summed E-state index contributed by atoms with van der Waals surface area (Å²) >= 11 is 0. The molecule has 1 aliphatic carbocycles. The largest absolute Gasteiger partial charge is 0.465 e. The van der Waals surface area contributed by atoms with E-state index in [4.69, 9.17) is 4.74 Å². The molecule has 0 bridgehead atoms. The van der Waals surface area contributed by atoms with Crippen molar-refractivity contribution in [1.82, 2.24) is 0 Å². The molecule has 0 radical (unpaired) electrons. The van der Waals surface area contributed by atoms with Crippen LogP contribution in [0.2, 0.25) is 0 Å². The molecule has 0 saturated heterocycles. The maximum atomic E-state index is 11.2. The van der Waals surface area contributed by atoms with Gasteiger partial charge in [-0.3, -0.25) is 4.79 Å². The van der Waals surface area contributed by atoms with E-state index in [0.717, 1.165) is 6.42 Å². The molecule has 0 heterocycles. The lowest BCUT2D eigenvalue weighted by Crippen LogP contribution is -2.15. The minimum absolute atomic E-state index is 0.0143. The van der Waals surface area contributed by atoms with Gasteiger partial charge in [0.2, 0.25) is 0 Å². The van der Waals surface area contributed by atoms with Crippen LogP contribution < -0.4 is 0 Å². The normalized spacial score (nSPS) is 19.3. The summed E-state index contributed by atoms with van der Waals surface area (Å²) in [5.41, 5.74) is 0. The average Bonchev–Trinajstić information content (AvgIpc) is 2.16. The Hall–Kier alpha value is -0.530. The van der Waals surface area contributed by atoms with Gasteiger partial charge in [-0.2, -0.15) is 0 Å². The molecule has 0 aromatic rings. The van der Waals surface area contributed by atoms with Crippen molar-refractivity contribution in [3.05, 3.63) is 0 Å². The predicted molar refractivity (Wildman–Crippen MR) is 61.7 cm³/mol. The van der Waals surface area contributed by atoms with E-state index in [0.29, 0.717) is 18.9 Å². The highest BCUT2D eigenvalue weighted by Crippen LogP contribution is 2.22. The third-order valence-corrected chi connectivity index (χ3v) is 3.16. The predicted octanol–water partition coefficient (Wildman–Crippen LogP) is 3.69. The number of hydrogen-bond donors (Lipinski definition) is 0. The molecule has 1 rings (SSSR count). The lowest BCUT2D eigenvalue weighted by atomic mass is 9.92. The Kier molecular flexibility index (Phi) is 6.45. The van der Waals surface area contributed by atoms with Crippen molar-refractivity contribution in [2.24, 2.45) is 5.92 Å². The zero-order valence-electron chi connectivity index (χ0n) is 9.96. The zero-order chi connectivity index (χ0) is 10.9. The van der Waals surface area contributed by atoms with Gasteiger partial charge < -0.3 is 4.74 Å². The van der Waals surface area contributed by atoms with Crippen LogP contribution in [0.5, 0.6) is 0 Å². The van der Waals surface area contributed by atoms with Gasteiger partial charge in [-0.05, 0) is 25.2 Å². The minimum Gasteiger partial charge on any atom is -0.465 e. The first-order valence-corrected chi connectivity index (χ1v) is 6.48. The molecule has 88 valence electrons. The molecular formula is C13H24O2. The van der Waals surface area contributed by atoms with Gasteiger partial charge in [0.05, 0.1) is 6.61 Å². The highest BCUT2D eigenvalue weighted by molar-refractivity contribution is 5.69. The Morgan fingerprint density at radius 1 is 1.13 bits per heavy atom. The van der Waals surface area contributed by atoms with Crippen molar-refractivity contribution in [2.45, 2.75) is 64.7 Å². The molecule has 2 nitrogen and oxygen atoms in total. The quantitative estimate of drug-likeness (QED) is 0.664. The van der Waals surface area contributed by atoms with Crippen molar-refractivity contribution in [2.75, 3.05) is 6.61 Å². The third-order valence-electron chi connectivity index (χ3n) is 3.16. The van der Waals surface area contributed by atoms with Gasteiger partial charge >= 0.3 is 5.97 Å². The summed E-state index contributed by atoms with van der Waals surface area (Å²) < 4.78 is 5.28. The molecule has 2 heteroatoms. The smallest absolute Gasteiger partial charge is 0.305 e. The van der Waals surface area contributed by atoms with Crippen molar-refractivity contribution in [1.29, 1.82) is 0 Å². The highest BCUT2D eigenvalue weighted by atomic mass is 16.5. The molecule has 1 fully saturated rings. The van der Waals surface area contributed by atoms with Crippen LogP contribution >= 0.6 is 0 Å². The maximum Gasteiger partial charge on any atom is 0.305 e. The first-order chi connectivity index (χ1) is 7.33. The van der Waals surface area contributed by atoms with Crippen LogP contribution in [-0.2, 0) is 9.53 Å². The Labute approximate surface area is 93.4 Å². The summed E-state index contributed by atoms with van der Waals surface area (Å²) in [4.78, 5) is 11.2. The topological polar surface area (TPSA) is 26.3 Å². The molecule has 0 aromatic heterocycles. The van der Waals surface area contributed by atoms with Crippen LogP contribution in [0.1, 0.15) is 64.7 Å². The Morgan fingerprint density at radius 2 is 1.73 bits per heavy atom. The average molecular weight is 212 g/mol. The van der Waals surface area contributed by atoms with Gasteiger partial charge in [0.15, 0.2) is 0 Å². The van der Waals surface area contributed by atoms with E-state index < -0.39 is 0 Å². The van der Waals surface area contributed by atoms with Gasteiger partial charge in [-0.25, -0.2) is 0 Å². The van der Waals surface area contributed by atoms with Crippen LogP contribution in [0.3, 0.4) is 0 Å². The van der Waals surface area contributed by atoms with Gasteiger partial charge in [0.25, 0.3) is 0 Å². The van der Waals surface area contributed by atoms with Gasteiger partial charge in [-0.1, -0.05) is 39.0 Å². The van der Waals surface area contributed by atoms with Crippen molar-refractivity contribution in [3.8, 4) is 0 Å². The fourth-order valence-corrected chi connectivity index (χ4v) is 2.19. The maximum absolute atomic E-state index is 11.2. The Balaban J connectivity index is 2.14. The standard InChI is InChI=1S/C13H24O2/c1-2-8-13(14)15-11-12-9-6-4-3-5-7-10-12/h12H,2-11H2,1H3. The molecule has 0 atom stereocenters. The molecule has 0 unspecified atom stereocenters. The van der Waals surface area contributed by atoms with E-state index in [-0.39, 0.29) is 5.97 Å². The van der Waals surface area contributed by atoms with E-state index in [1.54, 1.807) is 0 Å². The number of rotatable bonds is 4. The summed E-state index contributed by atoms with van der Waals surface area (Å²) in [6.45, 7) is 2.68. The molecule has 1 aliphatic rings. The second-order valence-corrected chi connectivity index (χ2v) is 4.64. The number of carbonyl (C=O) groups excluding carboxylic acids is 1. The van der Waals surface area contributed by atoms with Crippen LogP contribution in [0.25, 0.3) is 0 Å². The van der Waals surface area contributed by atoms with E-state index >= 15 is 0 Å². The monoisotopic (exact) mass is 212 g/mol. The van der Waals surface area contributed by atoms with Crippen molar-refractivity contribution >= 4 is 5.97 Å². The number of ether oxygens (including phenoxy) is 1. The molecule has 15 heavy (non-hydrogen) atoms. The lowest BCUT2D eigenvalue weighted by Gasteiger charge is -2.19. The van der Waals surface area contributed by atoms with Gasteiger partial charge in [0, 0.05) is 6.42 Å². The fraction of sp³-hybridized carbons (Fsp3) is 0.923. The number of carbonyl (C=O) groups is 1. The molecular weight excluding hydrogens is 188 g/mol. The minimum atomic E-state index is -0.0143. The third kappa shape index (κ3) is 5.81.